The number of rotatable bonds is 3. The van der Waals surface area contributed by atoms with Crippen molar-refractivity contribution in [2.45, 2.75) is 19.9 Å². The van der Waals surface area contributed by atoms with Gasteiger partial charge in [0.2, 0.25) is 11.8 Å². The van der Waals surface area contributed by atoms with Crippen LogP contribution in [0, 0.1) is 0 Å². The number of nitrogens with one attached hydrogen (secondary N) is 1. The number of nitrogens with zero attached hydrogens (tertiary/aromatic N) is 2. The molecular formula is C11H13N3O4S. The fourth-order valence-electron chi connectivity index (χ4n) is 1.64. The topological polar surface area (TPSA) is 88.6 Å². The Hall–Kier alpha value is -1.96. The third-order valence-corrected chi connectivity index (χ3v) is 3.52. The first kappa shape index (κ1) is 13.5. The van der Waals surface area contributed by atoms with E-state index in [1.165, 1.54) is 11.3 Å². The smallest absolute Gasteiger partial charge is 0.357 e. The van der Waals surface area contributed by atoms with Crippen LogP contribution in [-0.2, 0) is 14.3 Å². The lowest BCUT2D eigenvalue weighted by Crippen LogP contribution is -2.57. The number of hydrogen-bond acceptors (Lipinski definition) is 7. The normalized spacial score (nSPS) is 19.3. The van der Waals surface area contributed by atoms with Gasteiger partial charge in [-0.15, -0.1) is 11.3 Å². The van der Waals surface area contributed by atoms with Crippen LogP contribution < -0.4 is 10.2 Å². The molecule has 0 spiro atoms. The van der Waals surface area contributed by atoms with E-state index in [1.807, 2.05) is 0 Å². The molecule has 1 aliphatic heterocycles. The maximum Gasteiger partial charge on any atom is 0.357 e. The van der Waals surface area contributed by atoms with Gasteiger partial charge in [0.1, 0.15) is 12.6 Å². The minimum Gasteiger partial charge on any atom is -0.461 e. The summed E-state index contributed by atoms with van der Waals surface area (Å²) in [5, 5.41) is 4.25. The summed E-state index contributed by atoms with van der Waals surface area (Å²) in [7, 11) is 0. The maximum absolute atomic E-state index is 11.5. The van der Waals surface area contributed by atoms with E-state index in [0.29, 0.717) is 5.13 Å². The van der Waals surface area contributed by atoms with Gasteiger partial charge in [0.15, 0.2) is 10.8 Å². The number of aromatic nitrogens is 1. The molecule has 19 heavy (non-hydrogen) atoms. The highest BCUT2D eigenvalue weighted by atomic mass is 32.1. The summed E-state index contributed by atoms with van der Waals surface area (Å²) in [6, 6.07) is -0.501. The summed E-state index contributed by atoms with van der Waals surface area (Å²) >= 11 is 1.20. The number of thiazole rings is 1. The van der Waals surface area contributed by atoms with E-state index >= 15 is 0 Å². The molecule has 1 unspecified atom stereocenters. The van der Waals surface area contributed by atoms with Crippen LogP contribution in [0.25, 0.3) is 0 Å². The number of imide groups is 1. The van der Waals surface area contributed by atoms with Gasteiger partial charge < -0.3 is 9.64 Å². The van der Waals surface area contributed by atoms with Crippen molar-refractivity contribution >= 4 is 34.3 Å². The van der Waals surface area contributed by atoms with E-state index in [4.69, 9.17) is 4.74 Å². The largest absolute Gasteiger partial charge is 0.461 e. The number of hydrogen-bond donors (Lipinski definition) is 1. The van der Waals surface area contributed by atoms with Crippen molar-refractivity contribution in [1.82, 2.24) is 10.3 Å². The van der Waals surface area contributed by atoms with E-state index in [1.54, 1.807) is 24.1 Å². The van der Waals surface area contributed by atoms with Crippen LogP contribution in [-0.4, -0.2) is 42.0 Å². The van der Waals surface area contributed by atoms with Crippen LogP contribution in [0.4, 0.5) is 5.13 Å². The molecule has 2 rings (SSSR count). The number of esters is 1. The predicted octanol–water partition coefficient (Wildman–Crippen LogP) is 0.171. The van der Waals surface area contributed by atoms with Crippen LogP contribution in [0.5, 0.6) is 0 Å². The molecule has 0 saturated carbocycles. The van der Waals surface area contributed by atoms with Crippen LogP contribution in [0.15, 0.2) is 5.38 Å². The highest BCUT2D eigenvalue weighted by Crippen LogP contribution is 2.24. The standard InChI is InChI=1S/C11H13N3O4S/c1-3-18-10(17)7-5-19-11(12-7)14-4-8(15)13-9(16)6(14)2/h5-6H,3-4H2,1-2H3,(H,13,15,16). The molecular weight excluding hydrogens is 270 g/mol. The Kier molecular flexibility index (Phi) is 3.79. The van der Waals surface area contributed by atoms with Gasteiger partial charge in [0, 0.05) is 5.38 Å². The molecule has 1 aliphatic rings. The quantitative estimate of drug-likeness (QED) is 0.628. The van der Waals surface area contributed by atoms with Crippen LogP contribution in [0.3, 0.4) is 0 Å². The number of amides is 2. The molecule has 1 aromatic rings. The molecule has 0 aromatic carbocycles. The van der Waals surface area contributed by atoms with Gasteiger partial charge in [-0.25, -0.2) is 9.78 Å². The summed E-state index contributed by atoms with van der Waals surface area (Å²) in [4.78, 5) is 40.1. The Bertz CT molecular complexity index is 528. The monoisotopic (exact) mass is 283 g/mol. The van der Waals surface area contributed by atoms with Crippen molar-refractivity contribution in [3.05, 3.63) is 11.1 Å². The van der Waals surface area contributed by atoms with Gasteiger partial charge in [-0.05, 0) is 13.8 Å². The molecule has 0 bridgehead atoms. The molecule has 1 atom stereocenters. The minimum atomic E-state index is -0.509. The van der Waals surface area contributed by atoms with E-state index in [0.717, 1.165) is 0 Å². The summed E-state index contributed by atoms with van der Waals surface area (Å²) < 4.78 is 4.84. The Balaban J connectivity index is 2.19. The lowest BCUT2D eigenvalue weighted by molar-refractivity contribution is -0.132. The first-order valence-corrected chi connectivity index (χ1v) is 6.64. The van der Waals surface area contributed by atoms with Crippen molar-refractivity contribution in [3.63, 3.8) is 0 Å². The second-order valence-electron chi connectivity index (χ2n) is 3.95. The summed E-state index contributed by atoms with van der Waals surface area (Å²) in [5.41, 5.74) is 0.187. The molecule has 1 aromatic heterocycles. The maximum atomic E-state index is 11.5. The van der Waals surface area contributed by atoms with E-state index < -0.39 is 12.0 Å². The van der Waals surface area contributed by atoms with Crippen molar-refractivity contribution in [2.24, 2.45) is 0 Å². The van der Waals surface area contributed by atoms with Crippen molar-refractivity contribution in [3.8, 4) is 0 Å². The fraction of sp³-hybridized carbons (Fsp3) is 0.455. The molecule has 8 heteroatoms. The van der Waals surface area contributed by atoms with Gasteiger partial charge >= 0.3 is 5.97 Å². The van der Waals surface area contributed by atoms with E-state index in [9.17, 15) is 14.4 Å². The zero-order valence-electron chi connectivity index (χ0n) is 10.5. The Morgan fingerprint density at radius 1 is 1.63 bits per heavy atom. The Morgan fingerprint density at radius 2 is 2.37 bits per heavy atom. The highest BCUT2D eigenvalue weighted by Gasteiger charge is 2.32. The summed E-state index contributed by atoms with van der Waals surface area (Å²) in [6.45, 7) is 3.70. The average molecular weight is 283 g/mol. The zero-order chi connectivity index (χ0) is 14.0. The number of carbonyl (C=O) groups is 3. The van der Waals surface area contributed by atoms with Crippen molar-refractivity contribution in [1.29, 1.82) is 0 Å². The molecule has 7 nitrogen and oxygen atoms in total. The number of ether oxygens (including phenoxy) is 1. The van der Waals surface area contributed by atoms with Gasteiger partial charge in [-0.2, -0.15) is 0 Å². The third-order valence-electron chi connectivity index (χ3n) is 2.65. The molecule has 0 aliphatic carbocycles. The fourth-order valence-corrected chi connectivity index (χ4v) is 2.52. The lowest BCUT2D eigenvalue weighted by atomic mass is 10.2. The van der Waals surface area contributed by atoms with E-state index in [2.05, 4.69) is 10.3 Å². The van der Waals surface area contributed by atoms with Crippen molar-refractivity contribution in [2.75, 3.05) is 18.1 Å². The van der Waals surface area contributed by atoms with Gasteiger partial charge in [-0.3, -0.25) is 14.9 Å². The molecule has 102 valence electrons. The highest BCUT2D eigenvalue weighted by molar-refractivity contribution is 7.14. The predicted molar refractivity (Wildman–Crippen MR) is 68.0 cm³/mol. The molecule has 1 N–H and O–H groups in total. The van der Waals surface area contributed by atoms with Gasteiger partial charge in [-0.1, -0.05) is 0 Å². The third kappa shape index (κ3) is 2.73. The van der Waals surface area contributed by atoms with Crippen molar-refractivity contribution < 1.29 is 19.1 Å². The number of carbonyl (C=O) groups excluding carboxylic acids is 3. The molecule has 0 radical (unpaired) electrons. The second kappa shape index (κ2) is 5.35. The first-order chi connectivity index (χ1) is 9.02. The zero-order valence-corrected chi connectivity index (χ0v) is 11.3. The van der Waals surface area contributed by atoms with Crippen LogP contribution in [0.1, 0.15) is 24.3 Å². The number of anilines is 1. The average Bonchev–Trinajstić information content (AvgIpc) is 2.83. The minimum absolute atomic E-state index is 0.0443. The van der Waals surface area contributed by atoms with E-state index in [-0.39, 0.29) is 30.7 Å². The van der Waals surface area contributed by atoms with Crippen LogP contribution in [0.2, 0.25) is 0 Å². The molecule has 1 fully saturated rings. The van der Waals surface area contributed by atoms with Gasteiger partial charge in [0.25, 0.3) is 0 Å². The van der Waals surface area contributed by atoms with Gasteiger partial charge in [0.05, 0.1) is 6.61 Å². The molecule has 2 amide bonds. The Morgan fingerprint density at radius 3 is 3.05 bits per heavy atom. The first-order valence-electron chi connectivity index (χ1n) is 5.76. The number of piperazine rings is 1. The summed E-state index contributed by atoms with van der Waals surface area (Å²) in [5.74, 6) is -1.26. The summed E-state index contributed by atoms with van der Waals surface area (Å²) in [6.07, 6.45) is 0. The Labute approximate surface area is 113 Å². The lowest BCUT2D eigenvalue weighted by Gasteiger charge is -2.31. The van der Waals surface area contributed by atoms with Crippen LogP contribution >= 0.6 is 11.3 Å². The molecule has 1 saturated heterocycles. The SMILES string of the molecule is CCOC(=O)c1csc(N2CC(=O)NC(=O)C2C)n1. The molecule has 2 heterocycles. The second-order valence-corrected chi connectivity index (χ2v) is 4.79.